The first-order valence-corrected chi connectivity index (χ1v) is 8.24. The molecule has 0 fully saturated rings. The van der Waals surface area contributed by atoms with E-state index in [1.807, 2.05) is 30.3 Å². The summed E-state index contributed by atoms with van der Waals surface area (Å²) in [6.45, 7) is 0.622. The fraction of sp³-hybridized carbons (Fsp3) is 0.263. The fourth-order valence-electron chi connectivity index (χ4n) is 2.49. The van der Waals surface area contributed by atoms with Crippen molar-refractivity contribution in [2.75, 3.05) is 25.0 Å². The van der Waals surface area contributed by atoms with Crippen molar-refractivity contribution in [2.45, 2.75) is 13.0 Å². The van der Waals surface area contributed by atoms with E-state index in [0.29, 0.717) is 17.1 Å². The summed E-state index contributed by atoms with van der Waals surface area (Å²) in [5.41, 5.74) is 1.10. The third kappa shape index (κ3) is 5.28. The Balaban J connectivity index is 2.08. The topological polar surface area (TPSA) is 47.3 Å². The van der Waals surface area contributed by atoms with Crippen LogP contribution in [0, 0.1) is 17.1 Å². The highest BCUT2D eigenvalue weighted by molar-refractivity contribution is 6.31. The van der Waals surface area contributed by atoms with Gasteiger partial charge in [0.05, 0.1) is 19.0 Å². The number of carbonyl (C=O) groups is 1. The number of likely N-dealkylation sites (N-methyl/N-ethyl adjacent to an activating group) is 1. The van der Waals surface area contributed by atoms with Gasteiger partial charge in [0.15, 0.2) is 0 Å². The summed E-state index contributed by atoms with van der Waals surface area (Å²) in [7, 11) is 1.73. The van der Waals surface area contributed by atoms with Crippen molar-refractivity contribution in [1.82, 2.24) is 4.90 Å². The van der Waals surface area contributed by atoms with Crippen molar-refractivity contribution in [3.63, 3.8) is 0 Å². The SMILES string of the molecule is CN(CC(=O)N(CCC#N)c1ccccc1)Cc1c(F)cccc1Cl. The lowest BCUT2D eigenvalue weighted by molar-refractivity contribution is -0.119. The highest BCUT2D eigenvalue weighted by Gasteiger charge is 2.18. The van der Waals surface area contributed by atoms with Gasteiger partial charge >= 0.3 is 0 Å². The molecule has 2 aromatic rings. The Morgan fingerprint density at radius 3 is 2.56 bits per heavy atom. The molecule has 0 radical (unpaired) electrons. The van der Waals surface area contributed by atoms with Crippen LogP contribution in [0.15, 0.2) is 48.5 Å². The second-order valence-corrected chi connectivity index (χ2v) is 6.07. The van der Waals surface area contributed by atoms with Crippen LogP contribution >= 0.6 is 11.6 Å². The monoisotopic (exact) mass is 359 g/mol. The van der Waals surface area contributed by atoms with Gasteiger partial charge in [-0.05, 0) is 31.3 Å². The van der Waals surface area contributed by atoms with Gasteiger partial charge < -0.3 is 4.90 Å². The van der Waals surface area contributed by atoms with Crippen LogP contribution in [0.1, 0.15) is 12.0 Å². The third-order valence-electron chi connectivity index (χ3n) is 3.71. The largest absolute Gasteiger partial charge is 0.310 e. The maximum absolute atomic E-state index is 13.9. The lowest BCUT2D eigenvalue weighted by atomic mass is 10.2. The van der Waals surface area contributed by atoms with Crippen molar-refractivity contribution < 1.29 is 9.18 Å². The number of halogens is 2. The standard InChI is InChI=1S/C19H19ClFN3O/c1-23(13-16-17(20)9-5-10-18(16)21)14-19(25)24(12-6-11-22)15-7-3-2-4-8-15/h2-5,7-10H,6,12-14H2,1H3. The predicted octanol–water partition coefficient (Wildman–Crippen LogP) is 3.86. The molecule has 0 unspecified atom stereocenters. The molecule has 0 saturated carbocycles. The van der Waals surface area contributed by atoms with Gasteiger partial charge in [-0.3, -0.25) is 9.69 Å². The molecule has 25 heavy (non-hydrogen) atoms. The molecule has 0 N–H and O–H groups in total. The van der Waals surface area contributed by atoms with Gasteiger partial charge in [-0.2, -0.15) is 5.26 Å². The van der Waals surface area contributed by atoms with E-state index in [-0.39, 0.29) is 25.4 Å². The molecule has 0 heterocycles. The second kappa shape index (κ2) is 9.16. The summed E-state index contributed by atoms with van der Waals surface area (Å²) < 4.78 is 13.9. The number of rotatable bonds is 7. The molecular weight excluding hydrogens is 341 g/mol. The average Bonchev–Trinajstić information content (AvgIpc) is 2.59. The van der Waals surface area contributed by atoms with Gasteiger partial charge in [0.2, 0.25) is 5.91 Å². The third-order valence-corrected chi connectivity index (χ3v) is 4.07. The Hall–Kier alpha value is -2.42. The summed E-state index contributed by atoms with van der Waals surface area (Å²) in [5, 5.41) is 9.16. The minimum atomic E-state index is -0.392. The molecule has 1 amide bonds. The minimum absolute atomic E-state index is 0.0883. The van der Waals surface area contributed by atoms with Crippen molar-refractivity contribution >= 4 is 23.2 Å². The second-order valence-electron chi connectivity index (χ2n) is 5.66. The number of para-hydroxylation sites is 1. The zero-order valence-electron chi connectivity index (χ0n) is 14.0. The first-order chi connectivity index (χ1) is 12.0. The number of amides is 1. The molecule has 0 saturated heterocycles. The normalized spacial score (nSPS) is 10.5. The van der Waals surface area contributed by atoms with Crippen molar-refractivity contribution in [2.24, 2.45) is 0 Å². The Morgan fingerprint density at radius 1 is 1.20 bits per heavy atom. The Bertz CT molecular complexity index is 741. The number of nitrogens with zero attached hydrogens (tertiary/aromatic N) is 3. The van der Waals surface area contributed by atoms with Crippen LogP contribution < -0.4 is 4.90 Å². The van der Waals surface area contributed by atoms with Crippen LogP contribution in [-0.4, -0.2) is 30.9 Å². The first-order valence-electron chi connectivity index (χ1n) is 7.86. The van der Waals surface area contributed by atoms with Gasteiger partial charge in [-0.25, -0.2) is 4.39 Å². The summed E-state index contributed by atoms with van der Waals surface area (Å²) in [6.07, 6.45) is 0.240. The molecule has 0 atom stereocenters. The lowest BCUT2D eigenvalue weighted by Gasteiger charge is -2.25. The number of anilines is 1. The molecule has 0 spiro atoms. The van der Waals surface area contributed by atoms with Gasteiger partial charge in [0.1, 0.15) is 5.82 Å². The van der Waals surface area contributed by atoms with Crippen LogP contribution in [0.25, 0.3) is 0 Å². The maximum Gasteiger partial charge on any atom is 0.241 e. The smallest absolute Gasteiger partial charge is 0.241 e. The molecular formula is C19H19ClFN3O. The minimum Gasteiger partial charge on any atom is -0.310 e. The molecule has 0 aliphatic rings. The Morgan fingerprint density at radius 2 is 1.92 bits per heavy atom. The van der Waals surface area contributed by atoms with Crippen molar-refractivity contribution in [1.29, 1.82) is 5.26 Å². The van der Waals surface area contributed by atoms with E-state index in [2.05, 4.69) is 6.07 Å². The summed E-state index contributed by atoms with van der Waals surface area (Å²) in [6, 6.07) is 15.8. The summed E-state index contributed by atoms with van der Waals surface area (Å²) >= 11 is 6.04. The van der Waals surface area contributed by atoms with Crippen molar-refractivity contribution in [3.05, 3.63) is 64.9 Å². The van der Waals surface area contributed by atoms with Crippen LogP contribution in [0.2, 0.25) is 5.02 Å². The Labute approximate surface area is 152 Å². The quantitative estimate of drug-likeness (QED) is 0.754. The molecule has 6 heteroatoms. The predicted molar refractivity (Wildman–Crippen MR) is 96.8 cm³/mol. The first kappa shape index (κ1) is 18.9. The zero-order chi connectivity index (χ0) is 18.2. The lowest BCUT2D eigenvalue weighted by Crippen LogP contribution is -2.39. The van der Waals surface area contributed by atoms with Crippen LogP contribution in [-0.2, 0) is 11.3 Å². The molecule has 2 aromatic carbocycles. The molecule has 0 aliphatic heterocycles. The van der Waals surface area contributed by atoms with E-state index in [1.165, 1.54) is 6.07 Å². The molecule has 130 valence electrons. The fourth-order valence-corrected chi connectivity index (χ4v) is 2.72. The number of benzene rings is 2. The summed E-state index contributed by atoms with van der Waals surface area (Å²) in [5.74, 6) is -0.549. The summed E-state index contributed by atoms with van der Waals surface area (Å²) in [4.78, 5) is 15.9. The zero-order valence-corrected chi connectivity index (χ0v) is 14.7. The average molecular weight is 360 g/mol. The number of nitriles is 1. The van der Waals surface area contributed by atoms with E-state index < -0.39 is 5.82 Å². The molecule has 0 bridgehead atoms. The van der Waals surface area contributed by atoms with Gasteiger partial charge in [-0.15, -0.1) is 0 Å². The molecule has 0 aliphatic carbocycles. The van der Waals surface area contributed by atoms with E-state index in [0.717, 1.165) is 5.69 Å². The van der Waals surface area contributed by atoms with E-state index in [4.69, 9.17) is 16.9 Å². The highest BCUT2D eigenvalue weighted by Crippen LogP contribution is 2.20. The van der Waals surface area contributed by atoms with Crippen LogP contribution in [0.5, 0.6) is 0 Å². The van der Waals surface area contributed by atoms with E-state index in [1.54, 1.807) is 29.0 Å². The number of carbonyl (C=O) groups excluding carboxylic acids is 1. The van der Waals surface area contributed by atoms with Crippen LogP contribution in [0.4, 0.5) is 10.1 Å². The van der Waals surface area contributed by atoms with Crippen molar-refractivity contribution in [3.8, 4) is 6.07 Å². The number of hydrogen-bond acceptors (Lipinski definition) is 3. The van der Waals surface area contributed by atoms with E-state index in [9.17, 15) is 9.18 Å². The maximum atomic E-state index is 13.9. The number of hydrogen-bond donors (Lipinski definition) is 0. The van der Waals surface area contributed by atoms with Gasteiger partial charge in [-0.1, -0.05) is 35.9 Å². The molecule has 2 rings (SSSR count). The molecule has 4 nitrogen and oxygen atoms in total. The molecule has 0 aromatic heterocycles. The highest BCUT2D eigenvalue weighted by atomic mass is 35.5. The van der Waals surface area contributed by atoms with E-state index >= 15 is 0 Å². The van der Waals surface area contributed by atoms with Gasteiger partial charge in [0, 0.05) is 29.4 Å². The Kier molecular flexibility index (Phi) is 6.93. The van der Waals surface area contributed by atoms with Crippen LogP contribution in [0.3, 0.4) is 0 Å². The van der Waals surface area contributed by atoms with Gasteiger partial charge in [0.25, 0.3) is 0 Å².